The van der Waals surface area contributed by atoms with Crippen LogP contribution in [-0.2, 0) is 13.1 Å². The van der Waals surface area contributed by atoms with E-state index in [1.165, 1.54) is 0 Å². The van der Waals surface area contributed by atoms with Crippen molar-refractivity contribution in [2.75, 3.05) is 13.6 Å². The van der Waals surface area contributed by atoms with Crippen LogP contribution in [0.15, 0.2) is 52.5 Å². The highest BCUT2D eigenvalue weighted by molar-refractivity contribution is 14.0. The van der Waals surface area contributed by atoms with Crippen LogP contribution in [0.5, 0.6) is 0 Å². The molecule has 3 rings (SSSR count). The third kappa shape index (κ3) is 5.70. The van der Waals surface area contributed by atoms with Crippen LogP contribution in [-0.4, -0.2) is 38.7 Å². The lowest BCUT2D eigenvalue weighted by Crippen LogP contribution is -2.37. The van der Waals surface area contributed by atoms with E-state index in [-0.39, 0.29) is 24.0 Å². The molecular formula is C16H21BrIN7. The van der Waals surface area contributed by atoms with Crippen LogP contribution in [0, 0.1) is 0 Å². The van der Waals surface area contributed by atoms with Crippen molar-refractivity contribution >= 4 is 51.5 Å². The Hall–Kier alpha value is -1.62. The van der Waals surface area contributed by atoms with E-state index in [4.69, 9.17) is 0 Å². The summed E-state index contributed by atoms with van der Waals surface area (Å²) in [6, 6.07) is 5.90. The van der Waals surface area contributed by atoms with Gasteiger partial charge < -0.3 is 15.0 Å². The van der Waals surface area contributed by atoms with E-state index < -0.39 is 0 Å². The van der Waals surface area contributed by atoms with Gasteiger partial charge in [-0.05, 0) is 40.5 Å². The number of guanidine groups is 1. The molecule has 0 fully saturated rings. The molecule has 0 radical (unpaired) electrons. The molecule has 9 heteroatoms. The molecule has 0 atom stereocenters. The minimum Gasteiger partial charge on any atom is -0.356 e. The van der Waals surface area contributed by atoms with Gasteiger partial charge in [0.25, 0.3) is 0 Å². The molecule has 0 saturated heterocycles. The number of hydrogen-bond acceptors (Lipinski definition) is 3. The van der Waals surface area contributed by atoms with Crippen molar-refractivity contribution in [1.82, 2.24) is 29.8 Å². The van der Waals surface area contributed by atoms with Gasteiger partial charge in [-0.3, -0.25) is 9.67 Å². The van der Waals surface area contributed by atoms with E-state index in [1.54, 1.807) is 13.2 Å². The van der Waals surface area contributed by atoms with Gasteiger partial charge >= 0.3 is 0 Å². The Morgan fingerprint density at radius 2 is 2.16 bits per heavy atom. The summed E-state index contributed by atoms with van der Waals surface area (Å²) in [6.07, 6.45) is 8.74. The maximum atomic E-state index is 4.58. The Labute approximate surface area is 172 Å². The molecule has 3 heterocycles. The molecule has 25 heavy (non-hydrogen) atoms. The molecule has 2 N–H and O–H groups in total. The Morgan fingerprint density at radius 1 is 1.28 bits per heavy atom. The van der Waals surface area contributed by atoms with E-state index in [0.29, 0.717) is 6.54 Å². The first-order chi connectivity index (χ1) is 11.7. The quantitative estimate of drug-likeness (QED) is 0.228. The van der Waals surface area contributed by atoms with Crippen molar-refractivity contribution in [2.24, 2.45) is 4.99 Å². The number of fused-ring (bicyclic) bond motifs is 1. The highest BCUT2D eigenvalue weighted by atomic mass is 127. The lowest BCUT2D eigenvalue weighted by Gasteiger charge is -2.10. The summed E-state index contributed by atoms with van der Waals surface area (Å²) in [7, 11) is 1.77. The molecule has 0 aliphatic rings. The maximum absolute atomic E-state index is 4.58. The van der Waals surface area contributed by atoms with Crippen LogP contribution in [0.4, 0.5) is 0 Å². The molecule has 0 aliphatic carbocycles. The second-order valence-corrected chi connectivity index (χ2v) is 6.24. The van der Waals surface area contributed by atoms with Crippen LogP contribution < -0.4 is 10.6 Å². The topological polar surface area (TPSA) is 71.5 Å². The van der Waals surface area contributed by atoms with Gasteiger partial charge in [-0.2, -0.15) is 5.10 Å². The predicted octanol–water partition coefficient (Wildman–Crippen LogP) is 2.67. The van der Waals surface area contributed by atoms with Gasteiger partial charge in [-0.1, -0.05) is 0 Å². The summed E-state index contributed by atoms with van der Waals surface area (Å²) in [5.74, 6) is 0.772. The average Bonchev–Trinajstić information content (AvgIpc) is 3.23. The first-order valence-electron chi connectivity index (χ1n) is 7.80. The molecule has 0 amide bonds. The molecule has 0 aliphatic heterocycles. The van der Waals surface area contributed by atoms with Crippen molar-refractivity contribution < 1.29 is 0 Å². The molecule has 3 aromatic heterocycles. The molecule has 0 saturated carbocycles. The smallest absolute Gasteiger partial charge is 0.191 e. The van der Waals surface area contributed by atoms with Gasteiger partial charge in [0.15, 0.2) is 5.96 Å². The van der Waals surface area contributed by atoms with Crippen LogP contribution in [0.3, 0.4) is 0 Å². The SMILES string of the molecule is CN=C(NCCCn1cccn1)NCc1cn2cc(Br)ccc2n1.I. The normalized spacial score (nSPS) is 11.4. The minimum absolute atomic E-state index is 0. The molecule has 0 aromatic carbocycles. The first-order valence-corrected chi connectivity index (χ1v) is 8.59. The molecular weight excluding hydrogens is 497 g/mol. The van der Waals surface area contributed by atoms with Gasteiger partial charge in [-0.25, -0.2) is 4.98 Å². The Kier molecular flexibility index (Phi) is 7.69. The number of aromatic nitrogens is 4. The number of pyridine rings is 1. The summed E-state index contributed by atoms with van der Waals surface area (Å²) in [5, 5.41) is 10.8. The number of nitrogens with zero attached hydrogens (tertiary/aromatic N) is 5. The summed E-state index contributed by atoms with van der Waals surface area (Å²) in [5.41, 5.74) is 1.89. The number of rotatable bonds is 6. The van der Waals surface area contributed by atoms with Gasteiger partial charge in [0.05, 0.1) is 12.2 Å². The van der Waals surface area contributed by atoms with Crippen molar-refractivity contribution in [3.05, 3.63) is 53.2 Å². The van der Waals surface area contributed by atoms with E-state index in [0.717, 1.165) is 41.3 Å². The Balaban J connectivity index is 0.00000225. The summed E-state index contributed by atoms with van der Waals surface area (Å²) in [4.78, 5) is 8.81. The van der Waals surface area contributed by atoms with Gasteiger partial charge in [0, 0.05) is 49.4 Å². The van der Waals surface area contributed by atoms with Gasteiger partial charge in [0.2, 0.25) is 0 Å². The van der Waals surface area contributed by atoms with E-state index >= 15 is 0 Å². The summed E-state index contributed by atoms with van der Waals surface area (Å²) < 4.78 is 4.95. The maximum Gasteiger partial charge on any atom is 0.191 e. The molecule has 0 unspecified atom stereocenters. The van der Waals surface area contributed by atoms with Crippen molar-refractivity contribution in [2.45, 2.75) is 19.5 Å². The standard InChI is InChI=1S/C16H20BrN7.HI/c1-18-16(19-6-2-8-24-9-3-7-21-24)20-10-14-12-23-11-13(17)4-5-15(23)22-14;/h3-5,7,9,11-12H,2,6,8,10H2,1H3,(H2,18,19,20);1H. The number of nitrogens with one attached hydrogen (secondary N) is 2. The van der Waals surface area contributed by atoms with Crippen molar-refractivity contribution in [1.29, 1.82) is 0 Å². The number of halogens is 2. The van der Waals surface area contributed by atoms with Crippen LogP contribution in [0.1, 0.15) is 12.1 Å². The van der Waals surface area contributed by atoms with E-state index in [2.05, 4.69) is 41.6 Å². The Morgan fingerprint density at radius 3 is 2.92 bits per heavy atom. The highest BCUT2D eigenvalue weighted by Crippen LogP contribution is 2.12. The first kappa shape index (κ1) is 19.7. The number of aryl methyl sites for hydroxylation is 1. The van der Waals surface area contributed by atoms with Gasteiger partial charge in [-0.15, -0.1) is 24.0 Å². The van der Waals surface area contributed by atoms with Crippen molar-refractivity contribution in [3.63, 3.8) is 0 Å². The fourth-order valence-corrected chi connectivity index (χ4v) is 2.73. The van der Waals surface area contributed by atoms with Crippen molar-refractivity contribution in [3.8, 4) is 0 Å². The number of aliphatic imine (C=N–C) groups is 1. The summed E-state index contributed by atoms with van der Waals surface area (Å²) >= 11 is 3.47. The largest absolute Gasteiger partial charge is 0.356 e. The zero-order valence-corrected chi connectivity index (χ0v) is 17.8. The second kappa shape index (κ2) is 9.76. The molecule has 7 nitrogen and oxygen atoms in total. The summed E-state index contributed by atoms with van der Waals surface area (Å²) in [6.45, 7) is 2.34. The van der Waals surface area contributed by atoms with Crippen LogP contribution in [0.25, 0.3) is 5.65 Å². The molecule has 3 aromatic rings. The van der Waals surface area contributed by atoms with E-state index in [9.17, 15) is 0 Å². The van der Waals surface area contributed by atoms with Gasteiger partial charge in [0.1, 0.15) is 5.65 Å². The molecule has 0 spiro atoms. The van der Waals surface area contributed by atoms with Crippen LogP contribution in [0.2, 0.25) is 0 Å². The fourth-order valence-electron chi connectivity index (χ4n) is 2.38. The number of imidazole rings is 1. The monoisotopic (exact) mass is 517 g/mol. The lowest BCUT2D eigenvalue weighted by molar-refractivity contribution is 0.570. The third-order valence-corrected chi connectivity index (χ3v) is 4.01. The van der Waals surface area contributed by atoms with Crippen LogP contribution >= 0.6 is 39.9 Å². The lowest BCUT2D eigenvalue weighted by atomic mass is 10.4. The third-order valence-electron chi connectivity index (χ3n) is 3.54. The minimum atomic E-state index is 0. The molecule has 134 valence electrons. The zero-order valence-electron chi connectivity index (χ0n) is 13.9. The fraction of sp³-hybridized carbons (Fsp3) is 0.312. The average molecular weight is 518 g/mol. The second-order valence-electron chi connectivity index (χ2n) is 5.32. The zero-order chi connectivity index (χ0) is 16.8. The number of hydrogen-bond donors (Lipinski definition) is 2. The Bertz CT molecular complexity index is 813. The van der Waals surface area contributed by atoms with E-state index in [1.807, 2.05) is 45.9 Å². The highest BCUT2D eigenvalue weighted by Gasteiger charge is 2.03. The predicted molar refractivity (Wildman–Crippen MR) is 113 cm³/mol. The molecule has 0 bridgehead atoms.